The van der Waals surface area contributed by atoms with E-state index in [4.69, 9.17) is 5.14 Å². The van der Waals surface area contributed by atoms with Crippen molar-refractivity contribution in [1.82, 2.24) is 10.6 Å². The Balaban J connectivity index is 1.55. The Labute approximate surface area is 157 Å². The van der Waals surface area contributed by atoms with Crippen LogP contribution in [-0.2, 0) is 16.6 Å². The third-order valence-electron chi connectivity index (χ3n) is 4.00. The second-order valence-corrected chi connectivity index (χ2v) is 7.89. The van der Waals surface area contributed by atoms with Crippen molar-refractivity contribution < 1.29 is 18.0 Å². The molecule has 0 unspecified atom stereocenters. The molecule has 1 fully saturated rings. The van der Waals surface area contributed by atoms with Gasteiger partial charge in [-0.3, -0.25) is 4.79 Å². The van der Waals surface area contributed by atoms with Crippen molar-refractivity contribution in [2.45, 2.75) is 30.3 Å². The van der Waals surface area contributed by atoms with E-state index in [0.717, 1.165) is 12.8 Å². The minimum atomic E-state index is -3.79. The number of hydrogen-bond acceptors (Lipinski definition) is 4. The predicted molar refractivity (Wildman–Crippen MR) is 101 cm³/mol. The van der Waals surface area contributed by atoms with Crippen LogP contribution in [0.15, 0.2) is 53.4 Å². The van der Waals surface area contributed by atoms with Gasteiger partial charge in [0.15, 0.2) is 0 Å². The Morgan fingerprint density at radius 3 is 2.41 bits per heavy atom. The smallest absolute Gasteiger partial charge is 0.319 e. The number of hydrogen-bond donors (Lipinski definition) is 4. The van der Waals surface area contributed by atoms with E-state index in [9.17, 15) is 18.0 Å². The molecule has 0 bridgehead atoms. The van der Waals surface area contributed by atoms with Crippen LogP contribution in [0.4, 0.5) is 10.5 Å². The standard InChI is InChI=1S/C18H20N4O4S/c19-27(25,26)16-3-1-2-12(10-16)11-20-17(23)13-4-6-14(7-5-13)21-18(24)22-15-8-9-15/h1-7,10,15H,8-9,11H2,(H,20,23)(H2,19,25,26)(H2,21,22,24). The molecule has 0 saturated heterocycles. The van der Waals surface area contributed by atoms with Gasteiger partial charge in [-0.2, -0.15) is 0 Å². The van der Waals surface area contributed by atoms with Gasteiger partial charge in [0.2, 0.25) is 10.0 Å². The number of urea groups is 1. The number of anilines is 1. The zero-order valence-electron chi connectivity index (χ0n) is 14.4. The molecule has 8 nitrogen and oxygen atoms in total. The molecule has 0 spiro atoms. The number of benzene rings is 2. The van der Waals surface area contributed by atoms with Gasteiger partial charge >= 0.3 is 6.03 Å². The van der Waals surface area contributed by atoms with Crippen molar-refractivity contribution in [3.63, 3.8) is 0 Å². The van der Waals surface area contributed by atoms with Gasteiger partial charge in [-0.25, -0.2) is 18.4 Å². The molecule has 5 N–H and O–H groups in total. The van der Waals surface area contributed by atoms with Crippen LogP contribution in [-0.4, -0.2) is 26.4 Å². The van der Waals surface area contributed by atoms with Gasteiger partial charge in [0.1, 0.15) is 0 Å². The lowest BCUT2D eigenvalue weighted by molar-refractivity contribution is 0.0951. The quantitative estimate of drug-likeness (QED) is 0.598. The molecular weight excluding hydrogens is 368 g/mol. The Morgan fingerprint density at radius 1 is 1.07 bits per heavy atom. The van der Waals surface area contributed by atoms with Crippen LogP contribution < -0.4 is 21.1 Å². The first-order valence-electron chi connectivity index (χ1n) is 8.39. The minimum Gasteiger partial charge on any atom is -0.348 e. The predicted octanol–water partition coefficient (Wildman–Crippen LogP) is 1.55. The zero-order chi connectivity index (χ0) is 19.4. The van der Waals surface area contributed by atoms with E-state index < -0.39 is 10.0 Å². The maximum atomic E-state index is 12.2. The maximum absolute atomic E-state index is 12.2. The molecule has 1 saturated carbocycles. The molecule has 27 heavy (non-hydrogen) atoms. The maximum Gasteiger partial charge on any atom is 0.319 e. The average Bonchev–Trinajstić information content (AvgIpc) is 3.43. The van der Waals surface area contributed by atoms with E-state index in [2.05, 4.69) is 16.0 Å². The molecule has 1 aliphatic carbocycles. The molecule has 0 aliphatic heterocycles. The monoisotopic (exact) mass is 388 g/mol. The van der Waals surface area contributed by atoms with Gasteiger partial charge in [-0.05, 0) is 54.8 Å². The molecule has 0 radical (unpaired) electrons. The number of nitrogens with one attached hydrogen (secondary N) is 3. The summed E-state index contributed by atoms with van der Waals surface area (Å²) in [6, 6.07) is 12.6. The van der Waals surface area contributed by atoms with Gasteiger partial charge in [0, 0.05) is 23.8 Å². The molecule has 142 valence electrons. The van der Waals surface area contributed by atoms with E-state index in [1.807, 2.05) is 0 Å². The normalized spacial score (nSPS) is 13.7. The molecule has 0 aromatic heterocycles. The highest BCUT2D eigenvalue weighted by atomic mass is 32.2. The third kappa shape index (κ3) is 5.53. The summed E-state index contributed by atoms with van der Waals surface area (Å²) in [5.74, 6) is -0.315. The van der Waals surface area contributed by atoms with E-state index >= 15 is 0 Å². The SMILES string of the molecule is NS(=O)(=O)c1cccc(CNC(=O)c2ccc(NC(=O)NC3CC3)cc2)c1. The molecule has 1 aliphatic rings. The number of carbonyl (C=O) groups excluding carboxylic acids is 2. The van der Waals surface area contributed by atoms with Gasteiger partial charge in [0.05, 0.1) is 4.90 Å². The Bertz CT molecular complexity index is 954. The highest BCUT2D eigenvalue weighted by Gasteiger charge is 2.23. The molecule has 3 rings (SSSR count). The van der Waals surface area contributed by atoms with Crippen LogP contribution in [0.5, 0.6) is 0 Å². The van der Waals surface area contributed by atoms with Gasteiger partial charge in [-0.1, -0.05) is 12.1 Å². The summed E-state index contributed by atoms with van der Waals surface area (Å²) in [6.45, 7) is 0.159. The van der Waals surface area contributed by atoms with E-state index in [-0.39, 0.29) is 29.4 Å². The first kappa shape index (κ1) is 18.9. The fourth-order valence-electron chi connectivity index (χ4n) is 2.40. The summed E-state index contributed by atoms with van der Waals surface area (Å²) < 4.78 is 22.7. The second kappa shape index (κ2) is 7.77. The number of carbonyl (C=O) groups is 2. The molecule has 3 amide bonds. The minimum absolute atomic E-state index is 0.00542. The van der Waals surface area contributed by atoms with Gasteiger partial charge in [0.25, 0.3) is 5.91 Å². The zero-order valence-corrected chi connectivity index (χ0v) is 15.3. The van der Waals surface area contributed by atoms with Crippen LogP contribution >= 0.6 is 0 Å². The van der Waals surface area contributed by atoms with E-state index in [0.29, 0.717) is 16.8 Å². The molecular formula is C18H20N4O4S. The van der Waals surface area contributed by atoms with Crippen LogP contribution in [0.25, 0.3) is 0 Å². The summed E-state index contributed by atoms with van der Waals surface area (Å²) >= 11 is 0. The summed E-state index contributed by atoms with van der Waals surface area (Å²) in [5, 5.41) is 13.3. The van der Waals surface area contributed by atoms with Crippen molar-refractivity contribution in [3.8, 4) is 0 Å². The topological polar surface area (TPSA) is 130 Å². The molecule has 2 aromatic carbocycles. The largest absolute Gasteiger partial charge is 0.348 e. The second-order valence-electron chi connectivity index (χ2n) is 6.33. The van der Waals surface area contributed by atoms with E-state index in [1.54, 1.807) is 36.4 Å². The lowest BCUT2D eigenvalue weighted by Gasteiger charge is -2.09. The summed E-state index contributed by atoms with van der Waals surface area (Å²) in [5.41, 5.74) is 1.63. The molecule has 0 atom stereocenters. The van der Waals surface area contributed by atoms with Crippen molar-refractivity contribution in [1.29, 1.82) is 0 Å². The third-order valence-corrected chi connectivity index (χ3v) is 4.91. The fraction of sp³-hybridized carbons (Fsp3) is 0.222. The average molecular weight is 388 g/mol. The first-order chi connectivity index (χ1) is 12.8. The van der Waals surface area contributed by atoms with Gasteiger partial charge < -0.3 is 16.0 Å². The van der Waals surface area contributed by atoms with Crippen molar-refractivity contribution in [3.05, 3.63) is 59.7 Å². The summed E-state index contributed by atoms with van der Waals surface area (Å²) in [6.07, 6.45) is 2.01. The molecule has 2 aromatic rings. The van der Waals surface area contributed by atoms with E-state index in [1.165, 1.54) is 12.1 Å². The van der Waals surface area contributed by atoms with Gasteiger partial charge in [-0.15, -0.1) is 0 Å². The lowest BCUT2D eigenvalue weighted by atomic mass is 10.1. The lowest BCUT2D eigenvalue weighted by Crippen LogP contribution is -2.30. The number of amides is 3. The van der Waals surface area contributed by atoms with Crippen LogP contribution in [0.1, 0.15) is 28.8 Å². The van der Waals surface area contributed by atoms with Crippen molar-refractivity contribution in [2.24, 2.45) is 5.14 Å². The van der Waals surface area contributed by atoms with Crippen molar-refractivity contribution in [2.75, 3.05) is 5.32 Å². The van der Waals surface area contributed by atoms with Crippen LogP contribution in [0, 0.1) is 0 Å². The Hall–Kier alpha value is -2.91. The number of primary sulfonamides is 1. The Morgan fingerprint density at radius 2 is 1.78 bits per heavy atom. The van der Waals surface area contributed by atoms with Crippen molar-refractivity contribution >= 4 is 27.6 Å². The number of nitrogens with two attached hydrogens (primary N) is 1. The highest BCUT2D eigenvalue weighted by molar-refractivity contribution is 7.89. The summed E-state index contributed by atoms with van der Waals surface area (Å²) in [4.78, 5) is 23.9. The fourth-order valence-corrected chi connectivity index (χ4v) is 2.99. The van der Waals surface area contributed by atoms with Crippen LogP contribution in [0.3, 0.4) is 0 Å². The molecule has 0 heterocycles. The Kier molecular flexibility index (Phi) is 5.43. The first-order valence-corrected chi connectivity index (χ1v) is 9.93. The summed E-state index contributed by atoms with van der Waals surface area (Å²) in [7, 11) is -3.79. The highest BCUT2D eigenvalue weighted by Crippen LogP contribution is 2.19. The number of rotatable bonds is 6. The van der Waals surface area contributed by atoms with Crippen LogP contribution in [0.2, 0.25) is 0 Å². The molecule has 9 heteroatoms. The number of sulfonamides is 1.